The lowest BCUT2D eigenvalue weighted by atomic mass is 10.3. The first-order valence-corrected chi connectivity index (χ1v) is 2.82. The Balaban J connectivity index is 3.03. The van der Waals surface area contributed by atoms with Crippen LogP contribution in [-0.2, 0) is 0 Å². The summed E-state index contributed by atoms with van der Waals surface area (Å²) in [5.74, 6) is 0. The molecule has 42 valence electrons. The quantitative estimate of drug-likeness (QED) is 0.477. The molecule has 0 radical (unpaired) electrons. The lowest BCUT2D eigenvalue weighted by Gasteiger charge is -1.90. The Morgan fingerprint density at radius 1 is 0.750 bits per heavy atom. The molecule has 1 aromatic carbocycles. The van der Waals surface area contributed by atoms with Crippen LogP contribution >= 0.6 is 0 Å². The van der Waals surface area contributed by atoms with Crippen LogP contribution in [0.3, 0.4) is 0 Å². The van der Waals surface area contributed by atoms with Crippen LogP contribution in [0.25, 0.3) is 0 Å². The molecule has 0 N–H and O–H groups in total. The maximum atomic E-state index is 2.12. The normalized spacial score (nSPS) is 9.25. The second-order valence-electron chi connectivity index (χ2n) is 2.15. The number of rotatable bonds is 0. The van der Waals surface area contributed by atoms with Crippen molar-refractivity contribution in [2.24, 2.45) is 0 Å². The number of aryl methyl sites for hydroxylation is 2. The van der Waals surface area contributed by atoms with Crippen LogP contribution in [-0.4, -0.2) is 0 Å². The molecule has 0 nitrogen and oxygen atoms in total. The standard InChI is InChI=1S/C8H10/c1-7-3-5-8(2)6-4-7/h3-6H,1-2H3/i7+1. The minimum absolute atomic E-state index is 1.33. The van der Waals surface area contributed by atoms with Gasteiger partial charge in [0.1, 0.15) is 0 Å². The molecule has 0 amide bonds. The van der Waals surface area contributed by atoms with Crippen molar-refractivity contribution in [1.82, 2.24) is 0 Å². The summed E-state index contributed by atoms with van der Waals surface area (Å²) in [4.78, 5) is 0. The van der Waals surface area contributed by atoms with E-state index in [-0.39, 0.29) is 0 Å². The van der Waals surface area contributed by atoms with E-state index in [0.29, 0.717) is 0 Å². The van der Waals surface area contributed by atoms with Crippen LogP contribution in [0.2, 0.25) is 0 Å². The molecule has 1 aromatic rings. The molecule has 0 saturated carbocycles. The smallest absolute Gasteiger partial charge is 0.0398 e. The minimum atomic E-state index is 1.33. The minimum Gasteiger partial charge on any atom is -0.0591 e. The summed E-state index contributed by atoms with van der Waals surface area (Å²) in [6.45, 7) is 4.19. The van der Waals surface area contributed by atoms with Gasteiger partial charge in [-0.2, -0.15) is 0 Å². The van der Waals surface area contributed by atoms with Crippen LogP contribution in [0, 0.1) is 13.8 Å². The van der Waals surface area contributed by atoms with Crippen LogP contribution in [0.1, 0.15) is 11.1 Å². The predicted octanol–water partition coefficient (Wildman–Crippen LogP) is 2.30. The Morgan fingerprint density at radius 2 is 1.00 bits per heavy atom. The molecule has 0 aromatic heterocycles. The van der Waals surface area contributed by atoms with E-state index in [4.69, 9.17) is 0 Å². The summed E-state index contributed by atoms with van der Waals surface area (Å²) in [6.07, 6.45) is 0. The van der Waals surface area contributed by atoms with E-state index >= 15 is 0 Å². The third kappa shape index (κ3) is 1.09. The van der Waals surface area contributed by atoms with Gasteiger partial charge in [0.2, 0.25) is 0 Å². The van der Waals surface area contributed by atoms with Crippen LogP contribution < -0.4 is 0 Å². The molecule has 0 saturated heterocycles. The summed E-state index contributed by atoms with van der Waals surface area (Å²) in [5.41, 5.74) is 2.66. The van der Waals surface area contributed by atoms with Crippen molar-refractivity contribution in [3.63, 3.8) is 0 Å². The third-order valence-corrected chi connectivity index (χ3v) is 1.22. The topological polar surface area (TPSA) is 0 Å². The summed E-state index contributed by atoms with van der Waals surface area (Å²) < 4.78 is 0. The van der Waals surface area contributed by atoms with E-state index in [2.05, 4.69) is 38.1 Å². The Bertz CT molecular complexity index is 139. The zero-order valence-electron chi connectivity index (χ0n) is 5.31. The number of hydrogen-bond donors (Lipinski definition) is 0. The average molecular weight is 107 g/mol. The van der Waals surface area contributed by atoms with Gasteiger partial charge >= 0.3 is 0 Å². The fraction of sp³-hybridized carbons (Fsp3) is 0.250. The van der Waals surface area contributed by atoms with E-state index in [0.717, 1.165) is 0 Å². The van der Waals surface area contributed by atoms with Gasteiger partial charge in [-0.25, -0.2) is 0 Å². The largest absolute Gasteiger partial charge is 0.0591 e. The number of hydrogen-bond acceptors (Lipinski definition) is 0. The first-order chi connectivity index (χ1) is 3.79. The van der Waals surface area contributed by atoms with Gasteiger partial charge in [-0.3, -0.25) is 0 Å². The molecule has 0 aliphatic heterocycles. The first kappa shape index (κ1) is 5.36. The monoisotopic (exact) mass is 107 g/mol. The average Bonchev–Trinajstić information content (AvgIpc) is 1.77. The second-order valence-corrected chi connectivity index (χ2v) is 2.15. The number of benzene rings is 1. The predicted molar refractivity (Wildman–Crippen MR) is 35.9 cm³/mol. The SMILES string of the molecule is Cc1cc[13c](C)cc1. The van der Waals surface area contributed by atoms with Gasteiger partial charge in [0.25, 0.3) is 0 Å². The van der Waals surface area contributed by atoms with Crippen LogP contribution in [0.4, 0.5) is 0 Å². The highest BCUT2D eigenvalue weighted by Gasteiger charge is 1.79. The maximum Gasteiger partial charge on any atom is -0.0398 e. The van der Waals surface area contributed by atoms with E-state index in [9.17, 15) is 0 Å². The van der Waals surface area contributed by atoms with Crippen molar-refractivity contribution >= 4 is 0 Å². The zero-order chi connectivity index (χ0) is 5.98. The van der Waals surface area contributed by atoms with Crippen molar-refractivity contribution in [3.05, 3.63) is 35.4 Å². The second kappa shape index (κ2) is 1.99. The van der Waals surface area contributed by atoms with Crippen molar-refractivity contribution in [1.29, 1.82) is 0 Å². The zero-order valence-corrected chi connectivity index (χ0v) is 5.31. The van der Waals surface area contributed by atoms with Gasteiger partial charge in [-0.1, -0.05) is 35.4 Å². The van der Waals surface area contributed by atoms with E-state index in [1.807, 2.05) is 0 Å². The van der Waals surface area contributed by atoms with Crippen molar-refractivity contribution in [2.45, 2.75) is 13.8 Å². The maximum absolute atomic E-state index is 2.12. The fourth-order valence-corrected chi connectivity index (χ4v) is 0.637. The summed E-state index contributed by atoms with van der Waals surface area (Å²) in [7, 11) is 0. The summed E-state index contributed by atoms with van der Waals surface area (Å²) in [5, 5.41) is 0. The molecular formula is C8H10. The van der Waals surface area contributed by atoms with E-state index in [1.54, 1.807) is 0 Å². The lowest BCUT2D eigenvalue weighted by Crippen LogP contribution is -1.70. The molecule has 8 heavy (non-hydrogen) atoms. The molecule has 0 aliphatic rings. The fourth-order valence-electron chi connectivity index (χ4n) is 0.637. The third-order valence-electron chi connectivity index (χ3n) is 1.22. The summed E-state index contributed by atoms with van der Waals surface area (Å²) >= 11 is 0. The van der Waals surface area contributed by atoms with Crippen molar-refractivity contribution < 1.29 is 0 Å². The highest BCUT2D eigenvalue weighted by molar-refractivity contribution is 5.19. The van der Waals surface area contributed by atoms with Gasteiger partial charge in [0, 0.05) is 0 Å². The molecule has 0 unspecified atom stereocenters. The lowest BCUT2D eigenvalue weighted by molar-refractivity contribution is 1.40. The molecule has 0 aliphatic carbocycles. The van der Waals surface area contributed by atoms with Gasteiger partial charge in [-0.15, -0.1) is 0 Å². The van der Waals surface area contributed by atoms with Crippen molar-refractivity contribution in [3.8, 4) is 0 Å². The van der Waals surface area contributed by atoms with Gasteiger partial charge < -0.3 is 0 Å². The molecule has 0 heteroatoms. The van der Waals surface area contributed by atoms with Crippen LogP contribution in [0.15, 0.2) is 24.3 Å². The van der Waals surface area contributed by atoms with Crippen LogP contribution in [0.5, 0.6) is 0 Å². The van der Waals surface area contributed by atoms with Gasteiger partial charge in [0.05, 0.1) is 0 Å². The molecule has 0 fully saturated rings. The highest BCUT2D eigenvalue weighted by Crippen LogP contribution is 1.99. The summed E-state index contributed by atoms with van der Waals surface area (Å²) in [6, 6.07) is 8.48. The van der Waals surface area contributed by atoms with Gasteiger partial charge in [-0.05, 0) is 13.8 Å². The Morgan fingerprint density at radius 3 is 1.25 bits per heavy atom. The molecule has 1 rings (SSSR count). The molecule has 0 bridgehead atoms. The Kier molecular flexibility index (Phi) is 1.34. The molecule has 0 heterocycles. The van der Waals surface area contributed by atoms with Crippen molar-refractivity contribution in [2.75, 3.05) is 0 Å². The van der Waals surface area contributed by atoms with Gasteiger partial charge in [0.15, 0.2) is 0 Å². The van der Waals surface area contributed by atoms with E-state index < -0.39 is 0 Å². The highest BCUT2D eigenvalue weighted by atomic mass is 14.2. The molecule has 0 atom stereocenters. The Hall–Kier alpha value is -0.780. The van der Waals surface area contributed by atoms with E-state index in [1.165, 1.54) is 11.1 Å². The Labute approximate surface area is 50.2 Å². The molecule has 0 spiro atoms. The molecular weight excluding hydrogens is 97.1 g/mol. The first-order valence-electron chi connectivity index (χ1n) is 2.82.